The third-order valence-corrected chi connectivity index (χ3v) is 3.60. The molecule has 0 saturated heterocycles. The van der Waals surface area contributed by atoms with Gasteiger partial charge in [0, 0.05) is 10.1 Å². The topological polar surface area (TPSA) is 54.0 Å². The van der Waals surface area contributed by atoms with Crippen LogP contribution in [-0.4, -0.2) is 17.4 Å². The number of hydrogen-bond acceptors (Lipinski definition) is 3. The van der Waals surface area contributed by atoms with Crippen LogP contribution in [-0.2, 0) is 0 Å². The lowest BCUT2D eigenvalue weighted by Gasteiger charge is -2.08. The number of benzene rings is 1. The number of pyridine rings is 1. The van der Waals surface area contributed by atoms with Gasteiger partial charge in [0.2, 0.25) is 0 Å². The molecule has 0 aliphatic carbocycles. The summed E-state index contributed by atoms with van der Waals surface area (Å²) in [6.07, 6.45) is 1.01. The number of nitrogens with one attached hydrogen (secondary N) is 2. The van der Waals surface area contributed by atoms with Crippen LogP contribution in [0, 0.1) is 3.57 Å². The van der Waals surface area contributed by atoms with Crippen LogP contribution in [0.1, 0.15) is 23.8 Å². The van der Waals surface area contributed by atoms with Crippen molar-refractivity contribution in [2.24, 2.45) is 0 Å². The van der Waals surface area contributed by atoms with E-state index in [4.69, 9.17) is 0 Å². The van der Waals surface area contributed by atoms with Gasteiger partial charge in [0.15, 0.2) is 0 Å². The molecule has 2 N–H and O–H groups in total. The Bertz CT molecular complexity index is 601. The minimum atomic E-state index is -0.200. The summed E-state index contributed by atoms with van der Waals surface area (Å²) in [7, 11) is 0. The molecule has 1 aromatic heterocycles. The van der Waals surface area contributed by atoms with Crippen molar-refractivity contribution in [3.8, 4) is 0 Å². The van der Waals surface area contributed by atoms with Crippen molar-refractivity contribution in [2.45, 2.75) is 13.3 Å². The van der Waals surface area contributed by atoms with Gasteiger partial charge in [-0.05, 0) is 53.3 Å². The normalized spacial score (nSPS) is 10.1. The molecule has 1 aromatic carbocycles. The van der Waals surface area contributed by atoms with Crippen molar-refractivity contribution in [3.63, 3.8) is 0 Å². The Hall–Kier alpha value is -1.63. The maximum Gasteiger partial charge on any atom is 0.274 e. The Labute approximate surface area is 132 Å². The fourth-order valence-electron chi connectivity index (χ4n) is 1.66. The molecule has 1 amide bonds. The Morgan fingerprint density at radius 2 is 2.00 bits per heavy atom. The van der Waals surface area contributed by atoms with E-state index < -0.39 is 0 Å². The number of amides is 1. The fourth-order valence-corrected chi connectivity index (χ4v) is 2.18. The molecule has 2 aromatic rings. The highest BCUT2D eigenvalue weighted by Gasteiger charge is 2.09. The minimum absolute atomic E-state index is 0.200. The number of para-hydroxylation sites is 1. The van der Waals surface area contributed by atoms with Gasteiger partial charge in [-0.25, -0.2) is 4.98 Å². The molecule has 0 fully saturated rings. The molecule has 0 aliphatic rings. The fraction of sp³-hybridized carbons (Fsp3) is 0.200. The van der Waals surface area contributed by atoms with E-state index in [0.717, 1.165) is 28.0 Å². The smallest absolute Gasteiger partial charge is 0.274 e. The van der Waals surface area contributed by atoms with Crippen LogP contribution < -0.4 is 10.6 Å². The lowest BCUT2D eigenvalue weighted by atomic mass is 10.3. The Kier molecular flexibility index (Phi) is 5.34. The highest BCUT2D eigenvalue weighted by Crippen LogP contribution is 2.17. The first kappa shape index (κ1) is 14.8. The summed E-state index contributed by atoms with van der Waals surface area (Å²) in [5.74, 6) is 0.525. The summed E-state index contributed by atoms with van der Waals surface area (Å²) >= 11 is 2.19. The van der Waals surface area contributed by atoms with E-state index in [0.29, 0.717) is 5.69 Å². The molecule has 1 heterocycles. The molecule has 0 spiro atoms. The largest absolute Gasteiger partial charge is 0.370 e. The quantitative estimate of drug-likeness (QED) is 0.776. The Morgan fingerprint density at radius 3 is 2.75 bits per heavy atom. The molecular weight excluding hydrogens is 365 g/mol. The maximum atomic E-state index is 12.2. The maximum absolute atomic E-state index is 12.2. The molecule has 0 bridgehead atoms. The number of carbonyl (C=O) groups is 1. The number of nitrogens with zero attached hydrogens (tertiary/aromatic N) is 1. The van der Waals surface area contributed by atoms with Crippen molar-refractivity contribution in [1.82, 2.24) is 4.98 Å². The van der Waals surface area contributed by atoms with Crippen molar-refractivity contribution in [2.75, 3.05) is 17.2 Å². The van der Waals surface area contributed by atoms with Gasteiger partial charge in [-0.2, -0.15) is 0 Å². The van der Waals surface area contributed by atoms with Crippen LogP contribution in [0.5, 0.6) is 0 Å². The zero-order valence-electron chi connectivity index (χ0n) is 11.2. The van der Waals surface area contributed by atoms with Gasteiger partial charge >= 0.3 is 0 Å². The summed E-state index contributed by atoms with van der Waals surface area (Å²) in [4.78, 5) is 16.5. The molecular formula is C15H16IN3O. The van der Waals surface area contributed by atoms with Crippen molar-refractivity contribution < 1.29 is 4.79 Å². The van der Waals surface area contributed by atoms with E-state index in [1.165, 1.54) is 0 Å². The van der Waals surface area contributed by atoms with E-state index in [1.54, 1.807) is 6.07 Å². The van der Waals surface area contributed by atoms with Crippen LogP contribution in [0.15, 0.2) is 42.5 Å². The first-order valence-electron chi connectivity index (χ1n) is 6.47. The highest BCUT2D eigenvalue weighted by molar-refractivity contribution is 14.1. The van der Waals surface area contributed by atoms with Crippen LogP contribution in [0.2, 0.25) is 0 Å². The SMILES string of the molecule is CCCNc1cccc(C(=O)Nc2ccccc2I)n1. The standard InChI is InChI=1S/C15H16IN3O/c1-2-10-17-14-9-5-8-13(18-14)15(20)19-12-7-4-3-6-11(12)16/h3-9H,2,10H2,1H3,(H,17,18)(H,19,20). The number of hydrogen-bond donors (Lipinski definition) is 2. The van der Waals surface area contributed by atoms with Crippen LogP contribution in [0.3, 0.4) is 0 Å². The third kappa shape index (κ3) is 3.93. The molecule has 0 atom stereocenters. The molecule has 0 radical (unpaired) electrons. The van der Waals surface area contributed by atoms with Crippen LogP contribution in [0.25, 0.3) is 0 Å². The number of halogens is 1. The van der Waals surface area contributed by atoms with E-state index in [2.05, 4.69) is 45.1 Å². The van der Waals surface area contributed by atoms with Gasteiger partial charge < -0.3 is 10.6 Å². The van der Waals surface area contributed by atoms with E-state index in [1.807, 2.05) is 36.4 Å². The average Bonchev–Trinajstić information content (AvgIpc) is 2.48. The second kappa shape index (κ2) is 7.23. The monoisotopic (exact) mass is 381 g/mol. The summed E-state index contributed by atoms with van der Waals surface area (Å²) in [6, 6.07) is 13.0. The van der Waals surface area contributed by atoms with Crippen molar-refractivity contribution >= 4 is 40.0 Å². The Balaban J connectivity index is 2.11. The number of carbonyl (C=O) groups excluding carboxylic acids is 1. The summed E-state index contributed by atoms with van der Waals surface area (Å²) in [6.45, 7) is 2.93. The molecule has 0 unspecified atom stereocenters. The number of rotatable bonds is 5. The summed E-state index contributed by atoms with van der Waals surface area (Å²) < 4.78 is 0.999. The second-order valence-electron chi connectivity index (χ2n) is 4.27. The second-order valence-corrected chi connectivity index (χ2v) is 5.43. The summed E-state index contributed by atoms with van der Waals surface area (Å²) in [5.41, 5.74) is 1.21. The van der Waals surface area contributed by atoms with Gasteiger partial charge in [0.25, 0.3) is 5.91 Å². The van der Waals surface area contributed by atoms with Gasteiger partial charge in [-0.1, -0.05) is 25.1 Å². The number of aromatic nitrogens is 1. The van der Waals surface area contributed by atoms with Gasteiger partial charge in [-0.15, -0.1) is 0 Å². The van der Waals surface area contributed by atoms with E-state index in [-0.39, 0.29) is 5.91 Å². The van der Waals surface area contributed by atoms with Gasteiger partial charge in [0.1, 0.15) is 11.5 Å². The van der Waals surface area contributed by atoms with Crippen LogP contribution >= 0.6 is 22.6 Å². The van der Waals surface area contributed by atoms with Gasteiger partial charge in [-0.3, -0.25) is 4.79 Å². The molecule has 20 heavy (non-hydrogen) atoms. The Morgan fingerprint density at radius 1 is 1.20 bits per heavy atom. The first-order valence-corrected chi connectivity index (χ1v) is 7.55. The van der Waals surface area contributed by atoms with E-state index >= 15 is 0 Å². The molecule has 5 heteroatoms. The minimum Gasteiger partial charge on any atom is -0.370 e. The molecule has 0 aliphatic heterocycles. The first-order chi connectivity index (χ1) is 9.70. The summed E-state index contributed by atoms with van der Waals surface area (Å²) in [5, 5.41) is 6.05. The predicted molar refractivity (Wildman–Crippen MR) is 90.1 cm³/mol. The zero-order valence-corrected chi connectivity index (χ0v) is 13.3. The highest BCUT2D eigenvalue weighted by atomic mass is 127. The number of anilines is 2. The molecule has 4 nitrogen and oxygen atoms in total. The van der Waals surface area contributed by atoms with E-state index in [9.17, 15) is 4.79 Å². The van der Waals surface area contributed by atoms with Gasteiger partial charge in [0.05, 0.1) is 5.69 Å². The predicted octanol–water partition coefficient (Wildman–Crippen LogP) is 3.76. The van der Waals surface area contributed by atoms with Crippen molar-refractivity contribution in [3.05, 3.63) is 51.7 Å². The zero-order chi connectivity index (χ0) is 14.4. The lowest BCUT2D eigenvalue weighted by Crippen LogP contribution is -2.15. The molecule has 0 saturated carbocycles. The lowest BCUT2D eigenvalue weighted by molar-refractivity contribution is 0.102. The third-order valence-electron chi connectivity index (χ3n) is 2.66. The average molecular weight is 381 g/mol. The van der Waals surface area contributed by atoms with Crippen molar-refractivity contribution in [1.29, 1.82) is 0 Å². The molecule has 104 valence electrons. The molecule has 2 rings (SSSR count). The van der Waals surface area contributed by atoms with Crippen LogP contribution in [0.4, 0.5) is 11.5 Å².